The number of nitrogens with one attached hydrogen (secondary N) is 1. The van der Waals surface area contributed by atoms with E-state index in [2.05, 4.69) is 5.32 Å². The van der Waals surface area contributed by atoms with Gasteiger partial charge >= 0.3 is 5.97 Å². The summed E-state index contributed by atoms with van der Waals surface area (Å²) < 4.78 is 15.8. The van der Waals surface area contributed by atoms with E-state index in [-0.39, 0.29) is 30.8 Å². The van der Waals surface area contributed by atoms with Gasteiger partial charge in [0.05, 0.1) is 5.56 Å². The molecule has 0 fully saturated rings. The minimum atomic E-state index is -0.635. The van der Waals surface area contributed by atoms with Crippen LogP contribution in [0.4, 0.5) is 5.69 Å². The van der Waals surface area contributed by atoms with Crippen LogP contribution in [-0.2, 0) is 20.9 Å². The summed E-state index contributed by atoms with van der Waals surface area (Å²) in [5.41, 5.74) is 1.62. The summed E-state index contributed by atoms with van der Waals surface area (Å²) in [5.74, 6) is 0.143. The maximum absolute atomic E-state index is 12.5. The second-order valence-electron chi connectivity index (χ2n) is 6.43. The lowest BCUT2D eigenvalue weighted by Crippen LogP contribution is -2.34. The molecule has 0 atom stereocenters. The highest BCUT2D eigenvalue weighted by Crippen LogP contribution is 2.32. The van der Waals surface area contributed by atoms with Crippen LogP contribution in [0.5, 0.6) is 11.5 Å². The Kier molecular flexibility index (Phi) is 6.33. The molecule has 0 bridgehead atoms. The number of ether oxygens (including phenoxy) is 3. The van der Waals surface area contributed by atoms with Gasteiger partial charge in [0, 0.05) is 25.7 Å². The average molecular weight is 398 g/mol. The molecule has 8 nitrogen and oxygen atoms in total. The van der Waals surface area contributed by atoms with Gasteiger partial charge in [0.15, 0.2) is 18.1 Å². The van der Waals surface area contributed by atoms with Crippen molar-refractivity contribution >= 4 is 23.5 Å². The van der Waals surface area contributed by atoms with Crippen molar-refractivity contribution in [1.29, 1.82) is 0 Å². The number of amides is 2. The van der Waals surface area contributed by atoms with Crippen LogP contribution >= 0.6 is 0 Å². The van der Waals surface area contributed by atoms with Crippen LogP contribution in [0.3, 0.4) is 0 Å². The van der Waals surface area contributed by atoms with Crippen molar-refractivity contribution in [3.63, 3.8) is 0 Å². The smallest absolute Gasteiger partial charge is 0.338 e. The molecule has 2 aromatic carbocycles. The fourth-order valence-corrected chi connectivity index (χ4v) is 2.87. The first-order valence-electron chi connectivity index (χ1n) is 9.17. The highest BCUT2D eigenvalue weighted by molar-refractivity contribution is 5.94. The van der Waals surface area contributed by atoms with Gasteiger partial charge in [-0.25, -0.2) is 4.79 Å². The molecule has 8 heteroatoms. The van der Waals surface area contributed by atoms with Gasteiger partial charge in [0.25, 0.3) is 5.91 Å². The maximum atomic E-state index is 12.5. The van der Waals surface area contributed by atoms with E-state index in [1.54, 1.807) is 29.2 Å². The fourth-order valence-electron chi connectivity index (χ4n) is 2.87. The van der Waals surface area contributed by atoms with Crippen LogP contribution in [0.25, 0.3) is 0 Å². The Bertz CT molecular complexity index is 927. The summed E-state index contributed by atoms with van der Waals surface area (Å²) in [6.07, 6.45) is 0. The van der Waals surface area contributed by atoms with Gasteiger partial charge in [0.2, 0.25) is 12.7 Å². The highest BCUT2D eigenvalue weighted by Gasteiger charge is 2.18. The second kappa shape index (κ2) is 9.09. The number of esters is 1. The van der Waals surface area contributed by atoms with E-state index >= 15 is 0 Å². The number of carbonyl (C=O) groups excluding carboxylic acids is 3. The molecule has 1 heterocycles. The Hall–Kier alpha value is -3.55. The molecule has 152 valence electrons. The van der Waals surface area contributed by atoms with E-state index in [0.29, 0.717) is 30.3 Å². The molecule has 1 N–H and O–H groups in total. The summed E-state index contributed by atoms with van der Waals surface area (Å²) in [7, 11) is 0. The van der Waals surface area contributed by atoms with Gasteiger partial charge in [-0.05, 0) is 42.8 Å². The molecule has 0 aliphatic carbocycles. The molecule has 29 heavy (non-hydrogen) atoms. The second-order valence-corrected chi connectivity index (χ2v) is 6.43. The zero-order chi connectivity index (χ0) is 20.8. The molecule has 0 saturated carbocycles. The molecule has 1 aliphatic heterocycles. The maximum Gasteiger partial charge on any atom is 0.338 e. The monoisotopic (exact) mass is 398 g/mol. The average Bonchev–Trinajstić information content (AvgIpc) is 3.17. The fraction of sp³-hybridized carbons (Fsp3) is 0.286. The van der Waals surface area contributed by atoms with E-state index in [0.717, 1.165) is 5.56 Å². The standard InChI is InChI=1S/C21H22N2O6/c1-3-23(11-15-7-8-18-19(9-15)29-13-28-18)20(25)12-27-21(26)16-5-4-6-17(10-16)22-14(2)24/h4-10H,3,11-13H2,1-2H3,(H,22,24). The molecule has 1 aliphatic rings. The number of likely N-dealkylation sites (N-methyl/N-ethyl adjacent to an activating group) is 1. The van der Waals surface area contributed by atoms with E-state index < -0.39 is 5.97 Å². The van der Waals surface area contributed by atoms with E-state index in [1.807, 2.05) is 19.1 Å². The topological polar surface area (TPSA) is 94.2 Å². The first kappa shape index (κ1) is 20.2. The van der Waals surface area contributed by atoms with Gasteiger partial charge < -0.3 is 24.4 Å². The zero-order valence-corrected chi connectivity index (χ0v) is 16.3. The first-order valence-corrected chi connectivity index (χ1v) is 9.17. The lowest BCUT2D eigenvalue weighted by Gasteiger charge is -2.21. The Labute approximate surface area is 168 Å². The van der Waals surface area contributed by atoms with Gasteiger partial charge in [0.1, 0.15) is 0 Å². The van der Waals surface area contributed by atoms with E-state index in [4.69, 9.17) is 14.2 Å². The lowest BCUT2D eigenvalue weighted by molar-refractivity contribution is -0.135. The quantitative estimate of drug-likeness (QED) is 0.721. The van der Waals surface area contributed by atoms with Crippen molar-refractivity contribution in [1.82, 2.24) is 4.90 Å². The minimum Gasteiger partial charge on any atom is -0.454 e. The van der Waals surface area contributed by atoms with Crippen LogP contribution in [0, 0.1) is 0 Å². The third kappa shape index (κ3) is 5.25. The molecule has 2 amide bonds. The molecule has 0 radical (unpaired) electrons. The van der Waals surface area contributed by atoms with Crippen molar-refractivity contribution in [2.75, 3.05) is 25.3 Å². The van der Waals surface area contributed by atoms with Crippen LogP contribution in [0.1, 0.15) is 29.8 Å². The Morgan fingerprint density at radius 1 is 1.10 bits per heavy atom. The minimum absolute atomic E-state index is 0.189. The molecule has 2 aromatic rings. The number of rotatable bonds is 7. The summed E-state index contributed by atoms with van der Waals surface area (Å²) in [6, 6.07) is 11.8. The Morgan fingerprint density at radius 2 is 1.90 bits per heavy atom. The molecule has 0 aromatic heterocycles. The third-order valence-corrected chi connectivity index (χ3v) is 4.29. The molecular formula is C21H22N2O6. The SMILES string of the molecule is CCN(Cc1ccc2c(c1)OCO2)C(=O)COC(=O)c1cccc(NC(C)=O)c1. The van der Waals surface area contributed by atoms with Crippen molar-refractivity contribution in [3.8, 4) is 11.5 Å². The van der Waals surface area contributed by atoms with Crippen molar-refractivity contribution < 1.29 is 28.6 Å². The molecule has 0 saturated heterocycles. The Balaban J connectivity index is 1.57. The number of benzene rings is 2. The van der Waals surface area contributed by atoms with Crippen molar-refractivity contribution in [2.45, 2.75) is 20.4 Å². The van der Waals surface area contributed by atoms with E-state index in [9.17, 15) is 14.4 Å². The van der Waals surface area contributed by atoms with Crippen LogP contribution in [0.15, 0.2) is 42.5 Å². The van der Waals surface area contributed by atoms with Crippen LogP contribution < -0.4 is 14.8 Å². The number of nitrogens with zero attached hydrogens (tertiary/aromatic N) is 1. The first-order chi connectivity index (χ1) is 14.0. The van der Waals surface area contributed by atoms with Gasteiger partial charge in [-0.15, -0.1) is 0 Å². The van der Waals surface area contributed by atoms with Crippen LogP contribution in [0.2, 0.25) is 0 Å². The molecule has 0 spiro atoms. The number of hydrogen-bond donors (Lipinski definition) is 1. The Morgan fingerprint density at radius 3 is 2.66 bits per heavy atom. The van der Waals surface area contributed by atoms with Gasteiger partial charge in [-0.3, -0.25) is 9.59 Å². The van der Waals surface area contributed by atoms with Crippen molar-refractivity contribution in [2.24, 2.45) is 0 Å². The van der Waals surface area contributed by atoms with Crippen LogP contribution in [-0.4, -0.2) is 42.6 Å². The van der Waals surface area contributed by atoms with Crippen molar-refractivity contribution in [3.05, 3.63) is 53.6 Å². The van der Waals surface area contributed by atoms with Gasteiger partial charge in [-0.2, -0.15) is 0 Å². The summed E-state index contributed by atoms with van der Waals surface area (Å²) in [5, 5.41) is 2.60. The van der Waals surface area contributed by atoms with Gasteiger partial charge in [-0.1, -0.05) is 12.1 Å². The lowest BCUT2D eigenvalue weighted by atomic mass is 10.2. The third-order valence-electron chi connectivity index (χ3n) is 4.29. The summed E-state index contributed by atoms with van der Waals surface area (Å²) in [4.78, 5) is 37.5. The highest BCUT2D eigenvalue weighted by atomic mass is 16.7. The predicted molar refractivity (Wildman–Crippen MR) is 105 cm³/mol. The number of anilines is 1. The number of carbonyl (C=O) groups is 3. The summed E-state index contributed by atoms with van der Waals surface area (Å²) in [6.45, 7) is 3.87. The molecule has 0 unspecified atom stereocenters. The van der Waals surface area contributed by atoms with E-state index in [1.165, 1.54) is 13.0 Å². The predicted octanol–water partition coefficient (Wildman–Crippen LogP) is 2.58. The largest absolute Gasteiger partial charge is 0.454 e. The molecule has 3 rings (SSSR count). The zero-order valence-electron chi connectivity index (χ0n) is 16.3. The normalized spacial score (nSPS) is 11.7. The number of fused-ring (bicyclic) bond motifs is 1. The molecular weight excluding hydrogens is 376 g/mol. The number of hydrogen-bond acceptors (Lipinski definition) is 6. The summed E-state index contributed by atoms with van der Waals surface area (Å²) >= 11 is 0.